The van der Waals surface area contributed by atoms with Crippen molar-refractivity contribution in [3.63, 3.8) is 0 Å². The first-order valence-corrected chi connectivity index (χ1v) is 9.48. The van der Waals surface area contributed by atoms with Crippen LogP contribution in [0.25, 0.3) is 0 Å². The first-order chi connectivity index (χ1) is 12.5. The molecule has 1 aromatic carbocycles. The number of ether oxygens (including phenoxy) is 1. The Morgan fingerprint density at radius 3 is 2.81 bits per heavy atom. The van der Waals surface area contributed by atoms with Crippen LogP contribution in [0.1, 0.15) is 38.2 Å². The van der Waals surface area contributed by atoms with Crippen LogP contribution >= 0.6 is 0 Å². The van der Waals surface area contributed by atoms with Crippen molar-refractivity contribution in [2.24, 2.45) is 5.41 Å². The number of ketones is 1. The molecule has 0 unspecified atom stereocenters. The fourth-order valence-corrected chi connectivity index (χ4v) is 6.32. The number of fused-ring (bicyclic) bond motifs is 1. The minimum absolute atomic E-state index is 0.126. The Bertz CT molecular complexity index is 861. The van der Waals surface area contributed by atoms with E-state index in [1.165, 1.54) is 12.7 Å². The fourth-order valence-electron chi connectivity index (χ4n) is 6.32. The third-order valence-electron chi connectivity index (χ3n) is 7.26. The molecule has 3 aliphatic heterocycles. The Kier molecular flexibility index (Phi) is 3.21. The number of para-hydroxylation sites is 1. The van der Waals surface area contributed by atoms with E-state index in [9.17, 15) is 9.59 Å². The Balaban J connectivity index is 1.84. The van der Waals surface area contributed by atoms with E-state index < -0.39 is 5.41 Å². The van der Waals surface area contributed by atoms with E-state index in [4.69, 9.17) is 4.74 Å². The molecule has 26 heavy (non-hydrogen) atoms. The average molecular weight is 352 g/mol. The number of Topliss-reactive ketones (excluding diaryl/α,β-unsaturated/α-hetero) is 1. The standard InChI is InChI=1S/C21H24N2O3/c1-13(24)20-8-5-10-23-11-9-21(19(20)23)15-6-3-4-7-16(15)22-17(21)14(12-20)18(25)26-2/h3-4,6-7,19,22H,5,8-12H2,1-2H3/t19-,20+,21-/m1/s1. The number of esters is 1. The molecule has 0 aromatic heterocycles. The van der Waals surface area contributed by atoms with E-state index in [-0.39, 0.29) is 23.2 Å². The molecule has 1 aliphatic carbocycles. The van der Waals surface area contributed by atoms with Crippen LogP contribution in [0.2, 0.25) is 0 Å². The largest absolute Gasteiger partial charge is 0.466 e. The summed E-state index contributed by atoms with van der Waals surface area (Å²) in [6.45, 7) is 3.71. The fraction of sp³-hybridized carbons (Fsp3) is 0.524. The molecule has 136 valence electrons. The Morgan fingerprint density at radius 1 is 1.23 bits per heavy atom. The minimum Gasteiger partial charge on any atom is -0.466 e. The van der Waals surface area contributed by atoms with Gasteiger partial charge in [0.2, 0.25) is 0 Å². The van der Waals surface area contributed by atoms with Gasteiger partial charge in [-0.1, -0.05) is 18.2 Å². The summed E-state index contributed by atoms with van der Waals surface area (Å²) in [7, 11) is 1.43. The smallest absolute Gasteiger partial charge is 0.335 e. The molecular weight excluding hydrogens is 328 g/mol. The van der Waals surface area contributed by atoms with Gasteiger partial charge in [-0.2, -0.15) is 0 Å². The maximum Gasteiger partial charge on any atom is 0.335 e. The first kappa shape index (κ1) is 16.1. The summed E-state index contributed by atoms with van der Waals surface area (Å²) in [5, 5.41) is 3.55. The second-order valence-electron chi connectivity index (χ2n) is 8.17. The van der Waals surface area contributed by atoms with Gasteiger partial charge in [0.05, 0.1) is 18.1 Å². The van der Waals surface area contributed by atoms with Gasteiger partial charge in [-0.3, -0.25) is 9.69 Å². The molecule has 0 bridgehead atoms. The average Bonchev–Trinajstić information content (AvgIpc) is 3.21. The number of rotatable bonds is 2. The second kappa shape index (κ2) is 5.19. The predicted molar refractivity (Wildman–Crippen MR) is 97.7 cm³/mol. The Hall–Kier alpha value is -2.14. The summed E-state index contributed by atoms with van der Waals surface area (Å²) in [6, 6.07) is 8.44. The SMILES string of the molecule is COC(=O)C1=C2Nc3ccccc3[C@]23CCN2CCC[C@@](C(C)=O)(C1)[C@@H]23. The van der Waals surface area contributed by atoms with Gasteiger partial charge in [-0.25, -0.2) is 4.79 Å². The van der Waals surface area contributed by atoms with Crippen LogP contribution in [0.15, 0.2) is 35.5 Å². The van der Waals surface area contributed by atoms with E-state index in [0.717, 1.165) is 43.7 Å². The molecule has 1 aromatic rings. The highest BCUT2D eigenvalue weighted by Gasteiger charge is 2.68. The van der Waals surface area contributed by atoms with Gasteiger partial charge >= 0.3 is 5.97 Å². The van der Waals surface area contributed by atoms with Crippen molar-refractivity contribution in [3.05, 3.63) is 41.1 Å². The number of nitrogens with zero attached hydrogens (tertiary/aromatic N) is 1. The number of nitrogens with one attached hydrogen (secondary N) is 1. The van der Waals surface area contributed by atoms with Crippen molar-refractivity contribution in [2.75, 3.05) is 25.5 Å². The van der Waals surface area contributed by atoms with Crippen LogP contribution in [0.3, 0.4) is 0 Å². The number of methoxy groups -OCH3 is 1. The van der Waals surface area contributed by atoms with E-state index in [0.29, 0.717) is 12.0 Å². The minimum atomic E-state index is -0.499. The zero-order chi connectivity index (χ0) is 18.1. The van der Waals surface area contributed by atoms with Crippen LogP contribution in [-0.4, -0.2) is 42.9 Å². The van der Waals surface area contributed by atoms with Gasteiger partial charge in [0.15, 0.2) is 0 Å². The van der Waals surface area contributed by atoms with Gasteiger partial charge in [0, 0.05) is 22.8 Å². The topological polar surface area (TPSA) is 58.6 Å². The molecule has 0 radical (unpaired) electrons. The van der Waals surface area contributed by atoms with Crippen LogP contribution < -0.4 is 5.32 Å². The van der Waals surface area contributed by atoms with Crippen molar-refractivity contribution in [1.29, 1.82) is 0 Å². The zero-order valence-corrected chi connectivity index (χ0v) is 15.3. The quantitative estimate of drug-likeness (QED) is 0.829. The van der Waals surface area contributed by atoms with Crippen LogP contribution in [-0.2, 0) is 19.7 Å². The van der Waals surface area contributed by atoms with Crippen molar-refractivity contribution in [3.8, 4) is 0 Å². The molecule has 1 N–H and O–H groups in total. The first-order valence-electron chi connectivity index (χ1n) is 9.48. The lowest BCUT2D eigenvalue weighted by molar-refractivity contribution is -0.140. The van der Waals surface area contributed by atoms with E-state index in [1.54, 1.807) is 6.92 Å². The monoisotopic (exact) mass is 352 g/mol. The summed E-state index contributed by atoms with van der Waals surface area (Å²) in [5.41, 5.74) is 3.15. The predicted octanol–water partition coefficient (Wildman–Crippen LogP) is 2.62. The van der Waals surface area contributed by atoms with Crippen molar-refractivity contribution in [2.45, 2.75) is 44.1 Å². The molecule has 3 heterocycles. The van der Waals surface area contributed by atoms with Gasteiger partial charge < -0.3 is 10.1 Å². The Labute approximate surface area is 153 Å². The van der Waals surface area contributed by atoms with Crippen LogP contribution in [0.5, 0.6) is 0 Å². The number of piperidine rings is 1. The number of hydrogen-bond donors (Lipinski definition) is 1. The third-order valence-corrected chi connectivity index (χ3v) is 7.26. The Morgan fingerprint density at radius 2 is 2.04 bits per heavy atom. The van der Waals surface area contributed by atoms with E-state index >= 15 is 0 Å². The molecule has 5 rings (SSSR count). The van der Waals surface area contributed by atoms with Crippen LogP contribution in [0, 0.1) is 5.41 Å². The maximum atomic E-state index is 13.0. The van der Waals surface area contributed by atoms with Gasteiger partial charge in [0.1, 0.15) is 5.78 Å². The zero-order valence-electron chi connectivity index (χ0n) is 15.3. The highest BCUT2D eigenvalue weighted by atomic mass is 16.5. The van der Waals surface area contributed by atoms with E-state index in [2.05, 4.69) is 28.4 Å². The lowest BCUT2D eigenvalue weighted by atomic mass is 9.53. The number of benzene rings is 1. The molecule has 3 atom stereocenters. The summed E-state index contributed by atoms with van der Waals surface area (Å²) in [4.78, 5) is 28.2. The van der Waals surface area contributed by atoms with Crippen molar-refractivity contribution >= 4 is 17.4 Å². The maximum absolute atomic E-state index is 13.0. The highest BCUT2D eigenvalue weighted by Crippen LogP contribution is 2.64. The number of anilines is 1. The molecule has 2 saturated heterocycles. The number of hydrogen-bond acceptors (Lipinski definition) is 5. The van der Waals surface area contributed by atoms with Crippen molar-refractivity contribution in [1.82, 2.24) is 4.90 Å². The molecule has 5 nitrogen and oxygen atoms in total. The van der Waals surface area contributed by atoms with Gasteiger partial charge in [0.25, 0.3) is 0 Å². The molecular formula is C21H24N2O3. The highest BCUT2D eigenvalue weighted by molar-refractivity contribution is 5.96. The summed E-state index contributed by atoms with van der Waals surface area (Å²) >= 11 is 0. The molecule has 4 aliphatic rings. The third kappa shape index (κ3) is 1.70. The molecule has 0 saturated carbocycles. The summed E-state index contributed by atoms with van der Waals surface area (Å²) in [5.74, 6) is -0.0962. The van der Waals surface area contributed by atoms with Crippen molar-refractivity contribution < 1.29 is 14.3 Å². The molecule has 1 spiro atoms. The van der Waals surface area contributed by atoms with E-state index in [1.807, 2.05) is 6.07 Å². The number of carbonyl (C=O) groups is 2. The van der Waals surface area contributed by atoms with Crippen LogP contribution in [0.4, 0.5) is 5.69 Å². The molecule has 0 amide bonds. The lowest BCUT2D eigenvalue weighted by Crippen LogP contribution is -2.62. The summed E-state index contributed by atoms with van der Waals surface area (Å²) < 4.78 is 5.14. The van der Waals surface area contributed by atoms with Gasteiger partial charge in [-0.15, -0.1) is 0 Å². The normalized spacial score (nSPS) is 34.6. The summed E-state index contributed by atoms with van der Waals surface area (Å²) in [6.07, 6.45) is 3.27. The second-order valence-corrected chi connectivity index (χ2v) is 8.17. The molecule has 2 fully saturated rings. The lowest BCUT2D eigenvalue weighted by Gasteiger charge is -2.54. The van der Waals surface area contributed by atoms with Gasteiger partial charge in [-0.05, 0) is 57.3 Å². The molecule has 5 heteroatoms. The number of carbonyl (C=O) groups excluding carboxylic acids is 2.